The molecule has 0 unspecified atom stereocenters. The standard InChI is InChI=1S/C15H19ClN2S/c1-3-17-10-12-6-4-5-7-14(12)18(2)11-13-8-9-15(16)19-13/h4-9,17H,3,10-11H2,1-2H3. The van der Waals surface area contributed by atoms with Crippen LogP contribution < -0.4 is 10.2 Å². The largest absolute Gasteiger partial charge is 0.369 e. The van der Waals surface area contributed by atoms with E-state index in [0.717, 1.165) is 24.0 Å². The van der Waals surface area contributed by atoms with Crippen molar-refractivity contribution in [1.82, 2.24) is 5.32 Å². The summed E-state index contributed by atoms with van der Waals surface area (Å²) in [5.41, 5.74) is 2.60. The van der Waals surface area contributed by atoms with Gasteiger partial charge in [-0.15, -0.1) is 11.3 Å². The van der Waals surface area contributed by atoms with Crippen molar-refractivity contribution in [3.8, 4) is 0 Å². The van der Waals surface area contributed by atoms with Crippen LogP contribution in [0.3, 0.4) is 0 Å². The lowest BCUT2D eigenvalue weighted by Crippen LogP contribution is -2.20. The molecule has 1 heterocycles. The predicted octanol–water partition coefficient (Wildman–Crippen LogP) is 4.15. The van der Waals surface area contributed by atoms with Gasteiger partial charge in [-0.25, -0.2) is 0 Å². The summed E-state index contributed by atoms with van der Waals surface area (Å²) in [5, 5.41) is 3.38. The summed E-state index contributed by atoms with van der Waals surface area (Å²) in [6.45, 7) is 4.90. The summed E-state index contributed by atoms with van der Waals surface area (Å²) in [5.74, 6) is 0. The molecular weight excluding hydrogens is 276 g/mol. The first-order valence-corrected chi connectivity index (χ1v) is 7.64. The minimum atomic E-state index is 0.851. The summed E-state index contributed by atoms with van der Waals surface area (Å²) < 4.78 is 0.851. The molecule has 2 nitrogen and oxygen atoms in total. The number of hydrogen-bond acceptors (Lipinski definition) is 3. The quantitative estimate of drug-likeness (QED) is 0.861. The van der Waals surface area contributed by atoms with E-state index >= 15 is 0 Å². The number of thiophene rings is 1. The van der Waals surface area contributed by atoms with Crippen molar-refractivity contribution >= 4 is 28.6 Å². The third kappa shape index (κ3) is 3.96. The zero-order chi connectivity index (χ0) is 13.7. The fraction of sp³-hybridized carbons (Fsp3) is 0.333. The molecule has 0 fully saturated rings. The molecule has 102 valence electrons. The molecule has 0 aliphatic carbocycles. The van der Waals surface area contributed by atoms with Gasteiger partial charge in [-0.05, 0) is 30.3 Å². The molecule has 2 rings (SSSR count). The second kappa shape index (κ2) is 6.94. The lowest BCUT2D eigenvalue weighted by Gasteiger charge is -2.22. The maximum Gasteiger partial charge on any atom is 0.0931 e. The van der Waals surface area contributed by atoms with Gasteiger partial charge in [0.1, 0.15) is 0 Å². The Morgan fingerprint density at radius 1 is 1.21 bits per heavy atom. The van der Waals surface area contributed by atoms with Gasteiger partial charge in [0.05, 0.1) is 10.9 Å². The van der Waals surface area contributed by atoms with E-state index in [1.54, 1.807) is 11.3 Å². The van der Waals surface area contributed by atoms with Crippen LogP contribution in [0.1, 0.15) is 17.4 Å². The zero-order valence-electron chi connectivity index (χ0n) is 11.3. The first kappa shape index (κ1) is 14.4. The SMILES string of the molecule is CCNCc1ccccc1N(C)Cc1ccc(Cl)s1. The van der Waals surface area contributed by atoms with Crippen LogP contribution in [-0.2, 0) is 13.1 Å². The van der Waals surface area contributed by atoms with Crippen molar-refractivity contribution in [3.05, 3.63) is 51.2 Å². The second-order valence-corrected chi connectivity index (χ2v) is 6.27. The smallest absolute Gasteiger partial charge is 0.0931 e. The molecule has 0 saturated heterocycles. The molecule has 19 heavy (non-hydrogen) atoms. The lowest BCUT2D eigenvalue weighted by atomic mass is 10.1. The summed E-state index contributed by atoms with van der Waals surface area (Å²) in [4.78, 5) is 3.56. The van der Waals surface area contributed by atoms with Gasteiger partial charge in [0.2, 0.25) is 0 Å². The highest BCUT2D eigenvalue weighted by molar-refractivity contribution is 7.16. The Hall–Kier alpha value is -1.03. The van der Waals surface area contributed by atoms with Crippen molar-refractivity contribution in [2.24, 2.45) is 0 Å². The molecule has 1 aromatic heterocycles. The average molecular weight is 295 g/mol. The summed E-state index contributed by atoms with van der Waals surface area (Å²) >= 11 is 7.62. The van der Waals surface area contributed by atoms with Crippen molar-refractivity contribution in [3.63, 3.8) is 0 Å². The van der Waals surface area contributed by atoms with Crippen LogP contribution in [0, 0.1) is 0 Å². The number of anilines is 1. The average Bonchev–Trinajstić information content (AvgIpc) is 2.82. The molecule has 2 aromatic rings. The number of hydrogen-bond donors (Lipinski definition) is 1. The van der Waals surface area contributed by atoms with Gasteiger partial charge >= 0.3 is 0 Å². The molecule has 0 aliphatic rings. The van der Waals surface area contributed by atoms with Gasteiger partial charge < -0.3 is 10.2 Å². The highest BCUT2D eigenvalue weighted by Crippen LogP contribution is 2.26. The van der Waals surface area contributed by atoms with Crippen LogP contribution in [0.4, 0.5) is 5.69 Å². The van der Waals surface area contributed by atoms with E-state index in [1.807, 2.05) is 6.07 Å². The number of rotatable bonds is 6. The Morgan fingerprint density at radius 3 is 2.68 bits per heavy atom. The van der Waals surface area contributed by atoms with Crippen LogP contribution in [0.15, 0.2) is 36.4 Å². The van der Waals surface area contributed by atoms with Crippen molar-refractivity contribution in [2.45, 2.75) is 20.0 Å². The van der Waals surface area contributed by atoms with E-state index in [1.165, 1.54) is 16.1 Å². The van der Waals surface area contributed by atoms with E-state index in [-0.39, 0.29) is 0 Å². The van der Waals surface area contributed by atoms with Gasteiger partial charge in [0.25, 0.3) is 0 Å². The minimum absolute atomic E-state index is 0.851. The monoisotopic (exact) mass is 294 g/mol. The van der Waals surface area contributed by atoms with Crippen LogP contribution in [0.25, 0.3) is 0 Å². The molecule has 0 spiro atoms. The summed E-state index contributed by atoms with van der Waals surface area (Å²) in [6.07, 6.45) is 0. The molecule has 1 aromatic carbocycles. The molecule has 0 bridgehead atoms. The van der Waals surface area contributed by atoms with Crippen LogP contribution in [0.2, 0.25) is 4.34 Å². The third-order valence-electron chi connectivity index (χ3n) is 2.99. The van der Waals surface area contributed by atoms with E-state index in [0.29, 0.717) is 0 Å². The molecule has 0 atom stereocenters. The maximum atomic E-state index is 5.98. The Morgan fingerprint density at radius 2 is 2.00 bits per heavy atom. The van der Waals surface area contributed by atoms with Gasteiger partial charge in [-0.1, -0.05) is 36.7 Å². The van der Waals surface area contributed by atoms with E-state index in [9.17, 15) is 0 Å². The third-order valence-corrected chi connectivity index (χ3v) is 4.21. The summed E-state index contributed by atoms with van der Waals surface area (Å²) in [6, 6.07) is 12.6. The molecule has 0 saturated carbocycles. The normalized spacial score (nSPS) is 10.7. The fourth-order valence-electron chi connectivity index (χ4n) is 2.05. The fourth-order valence-corrected chi connectivity index (χ4v) is 3.19. The van der Waals surface area contributed by atoms with E-state index in [4.69, 9.17) is 11.6 Å². The highest BCUT2D eigenvalue weighted by atomic mass is 35.5. The van der Waals surface area contributed by atoms with Gasteiger partial charge in [-0.3, -0.25) is 0 Å². The molecule has 0 aliphatic heterocycles. The molecule has 1 N–H and O–H groups in total. The highest BCUT2D eigenvalue weighted by Gasteiger charge is 2.08. The van der Waals surface area contributed by atoms with Crippen LogP contribution >= 0.6 is 22.9 Å². The number of nitrogens with zero attached hydrogens (tertiary/aromatic N) is 1. The van der Waals surface area contributed by atoms with Gasteiger partial charge in [-0.2, -0.15) is 0 Å². The van der Waals surface area contributed by atoms with E-state index in [2.05, 4.69) is 54.5 Å². The molecule has 0 amide bonds. The minimum Gasteiger partial charge on any atom is -0.369 e. The number of halogens is 1. The van der Waals surface area contributed by atoms with Crippen LogP contribution in [0.5, 0.6) is 0 Å². The maximum absolute atomic E-state index is 5.98. The Labute approximate surface area is 124 Å². The first-order chi connectivity index (χ1) is 9.20. The number of para-hydroxylation sites is 1. The topological polar surface area (TPSA) is 15.3 Å². The number of nitrogens with one attached hydrogen (secondary N) is 1. The lowest BCUT2D eigenvalue weighted by molar-refractivity contribution is 0.723. The van der Waals surface area contributed by atoms with E-state index < -0.39 is 0 Å². The zero-order valence-corrected chi connectivity index (χ0v) is 12.9. The predicted molar refractivity (Wildman–Crippen MR) is 85.3 cm³/mol. The van der Waals surface area contributed by atoms with Crippen molar-refractivity contribution < 1.29 is 0 Å². The molecule has 4 heteroatoms. The van der Waals surface area contributed by atoms with Crippen LogP contribution in [-0.4, -0.2) is 13.6 Å². The second-order valence-electron chi connectivity index (χ2n) is 4.47. The Balaban J connectivity index is 2.11. The molecular formula is C15H19ClN2S. The molecule has 0 radical (unpaired) electrons. The number of benzene rings is 1. The van der Waals surface area contributed by atoms with Gasteiger partial charge in [0, 0.05) is 24.2 Å². The van der Waals surface area contributed by atoms with Crippen molar-refractivity contribution in [1.29, 1.82) is 0 Å². The Bertz CT molecular complexity index is 524. The Kier molecular flexibility index (Phi) is 5.25. The first-order valence-electron chi connectivity index (χ1n) is 6.44. The summed E-state index contributed by atoms with van der Waals surface area (Å²) in [7, 11) is 2.12. The van der Waals surface area contributed by atoms with Crippen molar-refractivity contribution in [2.75, 3.05) is 18.5 Å². The van der Waals surface area contributed by atoms with Gasteiger partial charge in [0.15, 0.2) is 0 Å².